The standard InChI is InChI=1S/C22H25N3O3S2/c1-3-24(4-2)30(27,28)20-9-10-21-19(13-20)11-12-25(21)22(26)16-29-15-18-7-5-17(14-23)6-8-18/h5-10,13H,3-4,11-12,15-16H2,1-2H3. The summed E-state index contributed by atoms with van der Waals surface area (Å²) in [5.74, 6) is 1.06. The van der Waals surface area contributed by atoms with Crippen molar-refractivity contribution in [3.8, 4) is 6.07 Å². The van der Waals surface area contributed by atoms with Crippen molar-refractivity contribution in [1.82, 2.24) is 4.31 Å². The lowest BCUT2D eigenvalue weighted by atomic mass is 10.2. The average Bonchev–Trinajstić information content (AvgIpc) is 3.18. The monoisotopic (exact) mass is 443 g/mol. The molecule has 0 bridgehead atoms. The Morgan fingerprint density at radius 1 is 1.17 bits per heavy atom. The van der Waals surface area contributed by atoms with E-state index in [4.69, 9.17) is 5.26 Å². The molecule has 0 spiro atoms. The Balaban J connectivity index is 1.64. The van der Waals surface area contributed by atoms with E-state index >= 15 is 0 Å². The maximum Gasteiger partial charge on any atom is 0.243 e. The van der Waals surface area contributed by atoms with Gasteiger partial charge in [0.05, 0.1) is 22.3 Å². The third kappa shape index (κ3) is 4.69. The summed E-state index contributed by atoms with van der Waals surface area (Å²) in [7, 11) is -3.50. The first kappa shape index (κ1) is 22.3. The summed E-state index contributed by atoms with van der Waals surface area (Å²) < 4.78 is 26.9. The molecule has 1 heterocycles. The van der Waals surface area contributed by atoms with Crippen LogP contribution in [0.5, 0.6) is 0 Å². The van der Waals surface area contributed by atoms with Crippen LogP contribution in [0.1, 0.15) is 30.5 Å². The summed E-state index contributed by atoms with van der Waals surface area (Å²) in [6.45, 7) is 5.07. The van der Waals surface area contributed by atoms with Gasteiger partial charge in [0.15, 0.2) is 0 Å². The molecule has 1 aliphatic heterocycles. The lowest BCUT2D eigenvalue weighted by Gasteiger charge is -2.20. The van der Waals surface area contributed by atoms with Crippen molar-refractivity contribution in [2.24, 2.45) is 0 Å². The quantitative estimate of drug-likeness (QED) is 0.624. The molecule has 3 rings (SSSR count). The highest BCUT2D eigenvalue weighted by Crippen LogP contribution is 2.31. The van der Waals surface area contributed by atoms with Gasteiger partial charge < -0.3 is 4.90 Å². The van der Waals surface area contributed by atoms with Gasteiger partial charge in [0, 0.05) is 31.1 Å². The fourth-order valence-corrected chi connectivity index (χ4v) is 5.89. The summed E-state index contributed by atoms with van der Waals surface area (Å²) in [5, 5.41) is 8.85. The molecule has 0 atom stereocenters. The van der Waals surface area contributed by atoms with Crippen LogP contribution in [0.4, 0.5) is 5.69 Å². The lowest BCUT2D eigenvalue weighted by Crippen LogP contribution is -2.31. The number of amides is 1. The van der Waals surface area contributed by atoms with E-state index in [0.717, 1.165) is 16.8 Å². The van der Waals surface area contributed by atoms with E-state index < -0.39 is 10.0 Å². The fourth-order valence-electron chi connectivity index (χ4n) is 3.52. The molecule has 0 aliphatic carbocycles. The van der Waals surface area contributed by atoms with Crippen LogP contribution in [0.25, 0.3) is 0 Å². The highest BCUT2D eigenvalue weighted by Gasteiger charge is 2.28. The Morgan fingerprint density at radius 2 is 1.87 bits per heavy atom. The molecular formula is C22H25N3O3S2. The van der Waals surface area contributed by atoms with Gasteiger partial charge >= 0.3 is 0 Å². The summed E-state index contributed by atoms with van der Waals surface area (Å²) in [6.07, 6.45) is 0.656. The minimum Gasteiger partial charge on any atom is -0.311 e. The molecule has 0 fully saturated rings. The van der Waals surface area contributed by atoms with Crippen molar-refractivity contribution in [2.45, 2.75) is 30.9 Å². The number of hydrogen-bond donors (Lipinski definition) is 0. The van der Waals surface area contributed by atoms with Gasteiger partial charge in [-0.1, -0.05) is 26.0 Å². The second kappa shape index (κ2) is 9.65. The van der Waals surface area contributed by atoms with Gasteiger partial charge in [-0.25, -0.2) is 8.42 Å². The molecule has 0 unspecified atom stereocenters. The number of rotatable bonds is 8. The molecule has 0 radical (unpaired) electrons. The molecule has 1 aliphatic rings. The third-order valence-corrected chi connectivity index (χ3v) is 8.20. The second-order valence-corrected chi connectivity index (χ2v) is 9.90. The SMILES string of the molecule is CCN(CC)S(=O)(=O)c1ccc2c(c1)CCN2C(=O)CSCc1ccc(C#N)cc1. The first-order valence-corrected chi connectivity index (χ1v) is 12.5. The Morgan fingerprint density at radius 3 is 2.50 bits per heavy atom. The van der Waals surface area contributed by atoms with E-state index in [9.17, 15) is 13.2 Å². The molecule has 0 saturated heterocycles. The van der Waals surface area contributed by atoms with Crippen molar-refractivity contribution >= 4 is 33.4 Å². The molecule has 8 heteroatoms. The van der Waals surface area contributed by atoms with E-state index in [1.54, 1.807) is 35.2 Å². The first-order chi connectivity index (χ1) is 14.4. The number of thioether (sulfide) groups is 1. The van der Waals surface area contributed by atoms with Gasteiger partial charge in [-0.2, -0.15) is 9.57 Å². The minimum absolute atomic E-state index is 0.0201. The Bertz CT molecular complexity index is 1060. The van der Waals surface area contributed by atoms with Gasteiger partial charge in [0.25, 0.3) is 0 Å². The van der Waals surface area contributed by atoms with Crippen molar-refractivity contribution < 1.29 is 13.2 Å². The van der Waals surface area contributed by atoms with E-state index in [2.05, 4.69) is 6.07 Å². The Kier molecular flexibility index (Phi) is 7.19. The molecule has 158 valence electrons. The van der Waals surface area contributed by atoms with Crippen molar-refractivity contribution in [3.63, 3.8) is 0 Å². The van der Waals surface area contributed by atoms with Gasteiger partial charge in [-0.15, -0.1) is 11.8 Å². The molecule has 2 aromatic rings. The van der Waals surface area contributed by atoms with Gasteiger partial charge in [0.2, 0.25) is 15.9 Å². The fraction of sp³-hybridized carbons (Fsp3) is 0.364. The van der Waals surface area contributed by atoms with Crippen molar-refractivity contribution in [2.75, 3.05) is 30.3 Å². The van der Waals surface area contributed by atoms with Crippen molar-refractivity contribution in [1.29, 1.82) is 5.26 Å². The van der Waals surface area contributed by atoms with E-state index in [1.807, 2.05) is 26.0 Å². The normalized spacial score (nSPS) is 13.3. The zero-order chi connectivity index (χ0) is 21.7. The smallest absolute Gasteiger partial charge is 0.243 e. The lowest BCUT2D eigenvalue weighted by molar-refractivity contribution is -0.116. The second-order valence-electron chi connectivity index (χ2n) is 6.98. The van der Waals surface area contributed by atoms with Gasteiger partial charge in [-0.05, 0) is 47.9 Å². The summed E-state index contributed by atoms with van der Waals surface area (Å²) in [5.41, 5.74) is 3.39. The van der Waals surface area contributed by atoms with Crippen LogP contribution < -0.4 is 4.90 Å². The predicted octanol–water partition coefficient (Wildman–Crippen LogP) is 3.41. The maximum atomic E-state index is 12.8. The van der Waals surface area contributed by atoms with Crippen LogP contribution >= 0.6 is 11.8 Å². The summed E-state index contributed by atoms with van der Waals surface area (Å²) in [4.78, 5) is 14.7. The molecule has 0 saturated carbocycles. The average molecular weight is 444 g/mol. The number of carbonyl (C=O) groups excluding carboxylic acids is 1. The van der Waals surface area contributed by atoms with Crippen LogP contribution in [0.2, 0.25) is 0 Å². The Labute approximate surface area is 182 Å². The topological polar surface area (TPSA) is 81.5 Å². The maximum absolute atomic E-state index is 12.8. The molecule has 0 N–H and O–H groups in total. The number of nitriles is 1. The number of sulfonamides is 1. The first-order valence-electron chi connectivity index (χ1n) is 9.91. The predicted molar refractivity (Wildman–Crippen MR) is 120 cm³/mol. The molecule has 30 heavy (non-hydrogen) atoms. The molecular weight excluding hydrogens is 418 g/mol. The Hall–Kier alpha value is -2.34. The number of anilines is 1. The number of carbonyl (C=O) groups is 1. The zero-order valence-electron chi connectivity index (χ0n) is 17.2. The number of nitrogens with zero attached hydrogens (tertiary/aromatic N) is 3. The van der Waals surface area contributed by atoms with Crippen LogP contribution in [0.15, 0.2) is 47.4 Å². The minimum atomic E-state index is -3.50. The molecule has 2 aromatic carbocycles. The van der Waals surface area contributed by atoms with Crippen LogP contribution in [0, 0.1) is 11.3 Å². The summed E-state index contributed by atoms with van der Waals surface area (Å²) in [6, 6.07) is 14.5. The number of benzene rings is 2. The highest BCUT2D eigenvalue weighted by atomic mass is 32.2. The summed E-state index contributed by atoms with van der Waals surface area (Å²) >= 11 is 1.53. The zero-order valence-corrected chi connectivity index (χ0v) is 18.8. The van der Waals surface area contributed by atoms with Crippen molar-refractivity contribution in [3.05, 3.63) is 59.2 Å². The highest BCUT2D eigenvalue weighted by molar-refractivity contribution is 7.99. The van der Waals surface area contributed by atoms with E-state index in [0.29, 0.717) is 43.1 Å². The van der Waals surface area contributed by atoms with Gasteiger partial charge in [0.1, 0.15) is 0 Å². The van der Waals surface area contributed by atoms with E-state index in [-0.39, 0.29) is 10.8 Å². The third-order valence-electron chi connectivity index (χ3n) is 5.17. The van der Waals surface area contributed by atoms with E-state index in [1.165, 1.54) is 16.1 Å². The molecule has 1 amide bonds. The number of fused-ring (bicyclic) bond motifs is 1. The van der Waals surface area contributed by atoms with Crippen LogP contribution in [-0.2, 0) is 27.0 Å². The van der Waals surface area contributed by atoms with Gasteiger partial charge in [-0.3, -0.25) is 4.79 Å². The molecule has 0 aromatic heterocycles. The molecule has 6 nitrogen and oxygen atoms in total. The van der Waals surface area contributed by atoms with Crippen LogP contribution in [-0.4, -0.2) is 44.0 Å². The number of hydrogen-bond acceptors (Lipinski definition) is 5. The van der Waals surface area contributed by atoms with Crippen LogP contribution in [0.3, 0.4) is 0 Å². The largest absolute Gasteiger partial charge is 0.311 e.